The summed E-state index contributed by atoms with van der Waals surface area (Å²) in [6.07, 6.45) is 3.67. The van der Waals surface area contributed by atoms with Gasteiger partial charge in [0.05, 0.1) is 23.2 Å². The lowest BCUT2D eigenvalue weighted by Crippen LogP contribution is -2.31. The van der Waals surface area contributed by atoms with Crippen molar-refractivity contribution in [1.82, 2.24) is 15.1 Å². The Morgan fingerprint density at radius 2 is 2.23 bits per heavy atom. The number of amides is 2. The van der Waals surface area contributed by atoms with Gasteiger partial charge in [0, 0.05) is 12.6 Å². The van der Waals surface area contributed by atoms with Gasteiger partial charge < -0.3 is 5.32 Å². The first kappa shape index (κ1) is 16.8. The average Bonchev–Trinajstić information content (AvgIpc) is 2.97. The van der Waals surface area contributed by atoms with Crippen LogP contribution in [0.3, 0.4) is 0 Å². The standard InChI is InChI=1S/C14H24N4O3S/c1-3-4-5-7-15-14(19)16-13-9-11(2)17-18(13)12-6-8-22(20,21)10-12/h9,12H,3-8,10H2,1-2H3,(H2,15,16,19). The number of hydrogen-bond donors (Lipinski definition) is 2. The Morgan fingerprint density at radius 1 is 1.45 bits per heavy atom. The smallest absolute Gasteiger partial charge is 0.320 e. The molecule has 2 amide bonds. The van der Waals surface area contributed by atoms with E-state index in [-0.39, 0.29) is 23.6 Å². The predicted octanol–water partition coefficient (Wildman–Crippen LogP) is 1.86. The second-order valence-electron chi connectivity index (χ2n) is 5.76. The Bertz CT molecular complexity index is 624. The minimum atomic E-state index is -2.99. The lowest BCUT2D eigenvalue weighted by Gasteiger charge is -2.14. The summed E-state index contributed by atoms with van der Waals surface area (Å²) in [7, 11) is -2.99. The zero-order valence-electron chi connectivity index (χ0n) is 13.1. The number of unbranched alkanes of at least 4 members (excludes halogenated alkanes) is 2. The lowest BCUT2D eigenvalue weighted by molar-refractivity contribution is 0.251. The highest BCUT2D eigenvalue weighted by atomic mass is 32.2. The van der Waals surface area contributed by atoms with Crippen molar-refractivity contribution in [1.29, 1.82) is 0 Å². The first-order chi connectivity index (χ1) is 10.4. The van der Waals surface area contributed by atoms with Gasteiger partial charge in [-0.2, -0.15) is 5.10 Å². The first-order valence-electron chi connectivity index (χ1n) is 7.72. The molecule has 0 radical (unpaired) electrons. The van der Waals surface area contributed by atoms with E-state index < -0.39 is 9.84 Å². The quantitative estimate of drug-likeness (QED) is 0.780. The number of aromatic nitrogens is 2. The molecule has 7 nitrogen and oxygen atoms in total. The van der Waals surface area contributed by atoms with E-state index >= 15 is 0 Å². The van der Waals surface area contributed by atoms with Gasteiger partial charge in [0.25, 0.3) is 0 Å². The van der Waals surface area contributed by atoms with Crippen molar-refractivity contribution in [2.45, 2.75) is 45.6 Å². The molecular weight excluding hydrogens is 304 g/mol. The number of anilines is 1. The Balaban J connectivity index is 1.98. The molecule has 0 bridgehead atoms. The molecule has 1 aliphatic heterocycles. The third kappa shape index (κ3) is 4.46. The van der Waals surface area contributed by atoms with Gasteiger partial charge in [0.2, 0.25) is 0 Å². The molecule has 1 aromatic rings. The first-order valence-corrected chi connectivity index (χ1v) is 9.55. The van der Waals surface area contributed by atoms with Crippen molar-refractivity contribution < 1.29 is 13.2 Å². The fourth-order valence-electron chi connectivity index (χ4n) is 2.59. The monoisotopic (exact) mass is 328 g/mol. The molecule has 2 N–H and O–H groups in total. The van der Waals surface area contributed by atoms with Crippen molar-refractivity contribution in [3.8, 4) is 0 Å². The molecule has 1 aromatic heterocycles. The number of nitrogens with one attached hydrogen (secondary N) is 2. The van der Waals surface area contributed by atoms with Gasteiger partial charge in [0.15, 0.2) is 9.84 Å². The molecule has 2 heterocycles. The summed E-state index contributed by atoms with van der Waals surface area (Å²) in [5.41, 5.74) is 0.755. The minimum absolute atomic E-state index is 0.0842. The average molecular weight is 328 g/mol. The summed E-state index contributed by atoms with van der Waals surface area (Å²) in [5, 5.41) is 9.90. The van der Waals surface area contributed by atoms with Crippen LogP contribution in [0.15, 0.2) is 6.07 Å². The highest BCUT2D eigenvalue weighted by Crippen LogP contribution is 2.27. The van der Waals surface area contributed by atoms with E-state index in [0.717, 1.165) is 25.0 Å². The summed E-state index contributed by atoms with van der Waals surface area (Å²) < 4.78 is 24.9. The lowest BCUT2D eigenvalue weighted by atomic mass is 10.2. The largest absolute Gasteiger partial charge is 0.338 e. The Labute approximate surface area is 131 Å². The van der Waals surface area contributed by atoms with Gasteiger partial charge >= 0.3 is 6.03 Å². The van der Waals surface area contributed by atoms with Crippen LogP contribution >= 0.6 is 0 Å². The molecule has 22 heavy (non-hydrogen) atoms. The molecule has 1 aliphatic rings. The van der Waals surface area contributed by atoms with E-state index in [4.69, 9.17) is 0 Å². The molecule has 124 valence electrons. The molecule has 1 unspecified atom stereocenters. The summed E-state index contributed by atoms with van der Waals surface area (Å²) in [6.45, 7) is 4.56. The number of rotatable bonds is 6. The van der Waals surface area contributed by atoms with Crippen LogP contribution in [0, 0.1) is 6.92 Å². The number of sulfone groups is 1. The number of carbonyl (C=O) groups is 1. The highest BCUT2D eigenvalue weighted by molar-refractivity contribution is 7.91. The number of nitrogens with zero attached hydrogens (tertiary/aromatic N) is 2. The van der Waals surface area contributed by atoms with Crippen LogP contribution in [0.5, 0.6) is 0 Å². The second kappa shape index (κ2) is 7.13. The Morgan fingerprint density at radius 3 is 2.86 bits per heavy atom. The fourth-order valence-corrected chi connectivity index (χ4v) is 4.29. The zero-order chi connectivity index (χ0) is 16.2. The predicted molar refractivity (Wildman–Crippen MR) is 85.8 cm³/mol. The third-order valence-corrected chi connectivity index (χ3v) is 5.47. The number of hydrogen-bond acceptors (Lipinski definition) is 4. The maximum Gasteiger partial charge on any atom is 0.320 e. The Kier molecular flexibility index (Phi) is 5.44. The van der Waals surface area contributed by atoms with Crippen molar-refractivity contribution in [3.05, 3.63) is 11.8 Å². The van der Waals surface area contributed by atoms with Gasteiger partial charge in [-0.15, -0.1) is 0 Å². The van der Waals surface area contributed by atoms with Crippen LogP contribution in [0.1, 0.15) is 44.3 Å². The van der Waals surface area contributed by atoms with Gasteiger partial charge in [-0.25, -0.2) is 17.9 Å². The summed E-state index contributed by atoms with van der Waals surface area (Å²) in [4.78, 5) is 11.9. The van der Waals surface area contributed by atoms with Crippen LogP contribution in [0.2, 0.25) is 0 Å². The van der Waals surface area contributed by atoms with Gasteiger partial charge in [-0.05, 0) is 19.8 Å². The van der Waals surface area contributed by atoms with Crippen LogP contribution in [-0.4, -0.2) is 42.3 Å². The summed E-state index contributed by atoms with van der Waals surface area (Å²) >= 11 is 0. The van der Waals surface area contributed by atoms with Crippen LogP contribution < -0.4 is 10.6 Å². The van der Waals surface area contributed by atoms with Crippen LogP contribution in [0.4, 0.5) is 10.6 Å². The number of aryl methyl sites for hydroxylation is 1. The van der Waals surface area contributed by atoms with E-state index in [1.807, 2.05) is 6.92 Å². The van der Waals surface area contributed by atoms with Crippen molar-refractivity contribution >= 4 is 21.7 Å². The maximum absolute atomic E-state index is 11.9. The van der Waals surface area contributed by atoms with Crippen molar-refractivity contribution in [3.63, 3.8) is 0 Å². The van der Waals surface area contributed by atoms with Gasteiger partial charge in [-0.1, -0.05) is 19.8 Å². The van der Waals surface area contributed by atoms with Gasteiger partial charge in [0.1, 0.15) is 5.82 Å². The number of carbonyl (C=O) groups excluding carboxylic acids is 1. The second-order valence-corrected chi connectivity index (χ2v) is 7.99. The molecule has 0 saturated carbocycles. The molecule has 1 atom stereocenters. The normalized spacial score (nSPS) is 20.0. The molecule has 0 aliphatic carbocycles. The minimum Gasteiger partial charge on any atom is -0.338 e. The van der Waals surface area contributed by atoms with Crippen LogP contribution in [0.25, 0.3) is 0 Å². The summed E-state index contributed by atoms with van der Waals surface area (Å²) in [5.74, 6) is 0.813. The number of urea groups is 1. The van der Waals surface area contributed by atoms with E-state index in [2.05, 4.69) is 22.7 Å². The summed E-state index contributed by atoms with van der Waals surface area (Å²) in [6, 6.07) is 1.28. The van der Waals surface area contributed by atoms with Crippen molar-refractivity contribution in [2.75, 3.05) is 23.4 Å². The fraction of sp³-hybridized carbons (Fsp3) is 0.714. The topological polar surface area (TPSA) is 93.1 Å². The zero-order valence-corrected chi connectivity index (χ0v) is 13.9. The highest BCUT2D eigenvalue weighted by Gasteiger charge is 2.31. The van der Waals surface area contributed by atoms with E-state index in [0.29, 0.717) is 18.8 Å². The SMILES string of the molecule is CCCCCNC(=O)Nc1cc(C)nn1C1CCS(=O)(=O)C1. The van der Waals surface area contributed by atoms with E-state index in [1.165, 1.54) is 0 Å². The van der Waals surface area contributed by atoms with Crippen molar-refractivity contribution in [2.24, 2.45) is 0 Å². The molecule has 0 aromatic carbocycles. The van der Waals surface area contributed by atoms with E-state index in [1.54, 1.807) is 10.7 Å². The van der Waals surface area contributed by atoms with Crippen LogP contribution in [-0.2, 0) is 9.84 Å². The molecule has 2 rings (SSSR count). The molecule has 0 spiro atoms. The molecule has 1 fully saturated rings. The van der Waals surface area contributed by atoms with E-state index in [9.17, 15) is 13.2 Å². The maximum atomic E-state index is 11.9. The molecular formula is C14H24N4O3S. The third-order valence-electron chi connectivity index (χ3n) is 3.72. The van der Waals surface area contributed by atoms with Gasteiger partial charge in [-0.3, -0.25) is 5.32 Å². The molecule has 1 saturated heterocycles. The molecule has 8 heteroatoms. The Hall–Kier alpha value is -1.57.